The molecule has 2 aliphatic rings. The van der Waals surface area contributed by atoms with Gasteiger partial charge in [0.15, 0.2) is 5.82 Å². The molecule has 1 atom stereocenters. The van der Waals surface area contributed by atoms with Crippen molar-refractivity contribution in [2.24, 2.45) is 13.0 Å². The summed E-state index contributed by atoms with van der Waals surface area (Å²) in [6, 6.07) is -0.296. The summed E-state index contributed by atoms with van der Waals surface area (Å²) < 4.78 is 7.10. The van der Waals surface area contributed by atoms with Crippen molar-refractivity contribution in [1.29, 1.82) is 0 Å². The minimum Gasteiger partial charge on any atom is -0.381 e. The maximum absolute atomic E-state index is 13.3. The Morgan fingerprint density at radius 1 is 1.17 bits per heavy atom. The number of H-pyrrole nitrogens is 1. The fraction of sp³-hybridized carbons (Fsp3) is 0.632. The van der Waals surface area contributed by atoms with Crippen molar-refractivity contribution >= 4 is 11.8 Å². The number of hydrogen-bond acceptors (Lipinski definition) is 6. The zero-order valence-electron chi connectivity index (χ0n) is 16.9. The van der Waals surface area contributed by atoms with E-state index >= 15 is 0 Å². The van der Waals surface area contributed by atoms with Crippen molar-refractivity contribution in [2.75, 3.05) is 32.8 Å². The van der Waals surface area contributed by atoms with Crippen molar-refractivity contribution in [3.8, 4) is 0 Å². The lowest BCUT2D eigenvalue weighted by Gasteiger charge is -2.28. The van der Waals surface area contributed by atoms with Gasteiger partial charge in [0.2, 0.25) is 5.91 Å². The molecule has 2 fully saturated rings. The van der Waals surface area contributed by atoms with Crippen LogP contribution < -0.4 is 0 Å². The van der Waals surface area contributed by atoms with Crippen molar-refractivity contribution in [1.82, 2.24) is 34.5 Å². The van der Waals surface area contributed by atoms with Gasteiger partial charge in [-0.05, 0) is 26.2 Å². The third-order valence-corrected chi connectivity index (χ3v) is 5.75. The van der Waals surface area contributed by atoms with Crippen LogP contribution in [-0.2, 0) is 16.6 Å². The predicted molar refractivity (Wildman–Crippen MR) is 103 cm³/mol. The smallest absolute Gasteiger partial charge is 0.272 e. The van der Waals surface area contributed by atoms with Gasteiger partial charge in [-0.1, -0.05) is 0 Å². The Morgan fingerprint density at radius 2 is 1.97 bits per heavy atom. The molecule has 10 heteroatoms. The van der Waals surface area contributed by atoms with Crippen molar-refractivity contribution < 1.29 is 14.3 Å². The van der Waals surface area contributed by atoms with Crippen LogP contribution in [0.3, 0.4) is 0 Å². The maximum atomic E-state index is 13.3. The third-order valence-electron chi connectivity index (χ3n) is 5.75. The third kappa shape index (κ3) is 4.02. The van der Waals surface area contributed by atoms with E-state index in [1.165, 1.54) is 0 Å². The monoisotopic (exact) mass is 401 g/mol. The molecular formula is C19H27N7O3. The number of hydrogen-bond donors (Lipinski definition) is 1. The van der Waals surface area contributed by atoms with Gasteiger partial charge in [-0.15, -0.1) is 0 Å². The lowest BCUT2D eigenvalue weighted by molar-refractivity contribution is -0.138. The number of aryl methyl sites for hydroxylation is 2. The van der Waals surface area contributed by atoms with Crippen molar-refractivity contribution in [3.63, 3.8) is 0 Å². The molecular weight excluding hydrogens is 374 g/mol. The van der Waals surface area contributed by atoms with Crippen LogP contribution in [0.5, 0.6) is 0 Å². The standard InChI is InChI=1S/C19H27N7O3/c1-13-21-17(23-22-13)15-3-6-25(18(27)14-4-9-29-10-5-14)7-8-26(15)19(28)16-11-20-12-24(16)2/h11-12,14-15H,3-10H2,1-2H3,(H,21,22,23). The number of imidazole rings is 1. The number of nitrogens with one attached hydrogen (secondary N) is 1. The van der Waals surface area contributed by atoms with Gasteiger partial charge in [-0.3, -0.25) is 14.7 Å². The van der Waals surface area contributed by atoms with Crippen LogP contribution in [0.2, 0.25) is 0 Å². The van der Waals surface area contributed by atoms with Crippen molar-refractivity contribution in [3.05, 3.63) is 29.9 Å². The molecule has 0 aromatic carbocycles. The Bertz CT molecular complexity index is 871. The molecule has 4 rings (SSSR count). The van der Waals surface area contributed by atoms with E-state index < -0.39 is 0 Å². The molecule has 0 saturated carbocycles. The van der Waals surface area contributed by atoms with Crippen LogP contribution in [0.1, 0.15) is 47.4 Å². The van der Waals surface area contributed by atoms with Gasteiger partial charge < -0.3 is 19.1 Å². The van der Waals surface area contributed by atoms with Gasteiger partial charge in [0, 0.05) is 45.8 Å². The van der Waals surface area contributed by atoms with E-state index in [0.29, 0.717) is 56.6 Å². The molecule has 0 radical (unpaired) electrons. The second kappa shape index (κ2) is 8.32. The van der Waals surface area contributed by atoms with Gasteiger partial charge in [0.25, 0.3) is 5.91 Å². The summed E-state index contributed by atoms with van der Waals surface area (Å²) in [6.45, 7) is 4.60. The first-order valence-corrected chi connectivity index (χ1v) is 10.1. The van der Waals surface area contributed by atoms with Crippen LogP contribution >= 0.6 is 0 Å². The molecule has 0 aliphatic carbocycles. The Kier molecular flexibility index (Phi) is 5.61. The van der Waals surface area contributed by atoms with E-state index in [2.05, 4.69) is 20.2 Å². The highest BCUT2D eigenvalue weighted by Crippen LogP contribution is 2.28. The Morgan fingerprint density at radius 3 is 2.62 bits per heavy atom. The summed E-state index contributed by atoms with van der Waals surface area (Å²) in [5.74, 6) is 1.32. The number of carbonyl (C=O) groups is 2. The zero-order valence-corrected chi connectivity index (χ0v) is 16.9. The SMILES string of the molecule is Cc1nc(C2CCN(C(=O)C3CCOCC3)CCN2C(=O)c2cncn2C)n[nH]1. The lowest BCUT2D eigenvalue weighted by atomic mass is 9.98. The quantitative estimate of drug-likeness (QED) is 0.810. The number of aromatic nitrogens is 5. The van der Waals surface area contributed by atoms with E-state index in [9.17, 15) is 9.59 Å². The molecule has 2 aliphatic heterocycles. The average molecular weight is 401 g/mol. The zero-order chi connectivity index (χ0) is 20.4. The molecule has 0 spiro atoms. The molecule has 2 aromatic rings. The van der Waals surface area contributed by atoms with Crippen molar-refractivity contribution in [2.45, 2.75) is 32.2 Å². The Hall–Kier alpha value is -2.75. The Balaban J connectivity index is 1.57. The van der Waals surface area contributed by atoms with E-state index in [0.717, 1.165) is 12.8 Å². The molecule has 1 unspecified atom stereocenters. The molecule has 2 aromatic heterocycles. The van der Waals surface area contributed by atoms with Gasteiger partial charge in [0.1, 0.15) is 11.5 Å². The number of aromatic amines is 1. The summed E-state index contributed by atoms with van der Waals surface area (Å²) in [5, 5.41) is 7.17. The van der Waals surface area contributed by atoms with Gasteiger partial charge >= 0.3 is 0 Å². The molecule has 29 heavy (non-hydrogen) atoms. The molecule has 2 amide bonds. The van der Waals surface area contributed by atoms with Crippen LogP contribution in [-0.4, -0.2) is 79.2 Å². The molecule has 1 N–H and O–H groups in total. The summed E-state index contributed by atoms with van der Waals surface area (Å²) in [5.41, 5.74) is 0.506. The van der Waals surface area contributed by atoms with Crippen LogP contribution in [0.4, 0.5) is 0 Å². The number of nitrogens with zero attached hydrogens (tertiary/aromatic N) is 6. The van der Waals surface area contributed by atoms with E-state index in [-0.39, 0.29) is 23.8 Å². The van der Waals surface area contributed by atoms with Gasteiger partial charge in [0.05, 0.1) is 18.6 Å². The van der Waals surface area contributed by atoms with Gasteiger partial charge in [-0.2, -0.15) is 5.10 Å². The Labute approximate surface area is 169 Å². The molecule has 4 heterocycles. The molecule has 156 valence electrons. The summed E-state index contributed by atoms with van der Waals surface area (Å²) in [4.78, 5) is 38.5. The lowest BCUT2D eigenvalue weighted by Crippen LogP contribution is -2.42. The topological polar surface area (TPSA) is 109 Å². The second-order valence-corrected chi connectivity index (χ2v) is 7.68. The summed E-state index contributed by atoms with van der Waals surface area (Å²) in [6.07, 6.45) is 5.29. The predicted octanol–water partition coefficient (Wildman–Crippen LogP) is 0.689. The van der Waals surface area contributed by atoms with Crippen LogP contribution in [0.25, 0.3) is 0 Å². The minimum atomic E-state index is -0.296. The number of amides is 2. The first-order chi connectivity index (χ1) is 14.0. The first-order valence-electron chi connectivity index (χ1n) is 10.1. The summed E-state index contributed by atoms with van der Waals surface area (Å²) in [7, 11) is 1.80. The molecule has 2 saturated heterocycles. The van der Waals surface area contributed by atoms with Crippen LogP contribution in [0.15, 0.2) is 12.5 Å². The van der Waals surface area contributed by atoms with E-state index in [4.69, 9.17) is 4.74 Å². The molecule has 10 nitrogen and oxygen atoms in total. The van der Waals surface area contributed by atoms with Gasteiger partial charge in [-0.25, -0.2) is 9.97 Å². The second-order valence-electron chi connectivity index (χ2n) is 7.68. The fourth-order valence-corrected chi connectivity index (χ4v) is 4.08. The van der Waals surface area contributed by atoms with E-state index in [1.807, 2.05) is 11.8 Å². The fourth-order valence-electron chi connectivity index (χ4n) is 4.08. The average Bonchev–Trinajstić information content (AvgIpc) is 3.29. The highest BCUT2D eigenvalue weighted by atomic mass is 16.5. The number of rotatable bonds is 3. The number of ether oxygens (including phenoxy) is 1. The minimum absolute atomic E-state index is 0.00674. The highest BCUT2D eigenvalue weighted by Gasteiger charge is 2.35. The number of carbonyl (C=O) groups excluding carboxylic acids is 2. The normalized spacial score (nSPS) is 21.2. The maximum Gasteiger partial charge on any atom is 0.272 e. The first kappa shape index (κ1) is 19.6. The van der Waals surface area contributed by atoms with Crippen LogP contribution in [0, 0.1) is 12.8 Å². The highest BCUT2D eigenvalue weighted by molar-refractivity contribution is 5.92. The largest absolute Gasteiger partial charge is 0.381 e. The summed E-state index contributed by atoms with van der Waals surface area (Å²) >= 11 is 0. The molecule has 0 bridgehead atoms. The van der Waals surface area contributed by atoms with E-state index in [1.54, 1.807) is 29.0 Å².